The molecule has 1 heteroatoms. The van der Waals surface area contributed by atoms with Crippen LogP contribution in [0.3, 0.4) is 0 Å². The van der Waals surface area contributed by atoms with E-state index in [1.165, 1.54) is 51.5 Å². The van der Waals surface area contributed by atoms with Crippen LogP contribution in [0.2, 0.25) is 0 Å². The summed E-state index contributed by atoms with van der Waals surface area (Å²) in [5.74, 6) is 1.67. The Morgan fingerprint density at radius 2 is 2.09 bits per heavy atom. The fourth-order valence-corrected chi connectivity index (χ4v) is 5.84. The molecule has 1 nitrogen and oxygen atoms in total. The molecule has 1 saturated heterocycles. The fourth-order valence-electron chi connectivity index (χ4n) is 5.84. The lowest BCUT2D eigenvalue weighted by molar-refractivity contribution is 0.00281. The third kappa shape index (κ3) is 2.16. The van der Waals surface area contributed by atoms with E-state index in [1.54, 1.807) is 16.7 Å². The van der Waals surface area contributed by atoms with E-state index in [2.05, 4.69) is 44.0 Å². The Kier molecular flexibility index (Phi) is 3.60. The molecule has 0 radical (unpaired) electrons. The smallest absolute Gasteiger partial charge is 0.0169 e. The van der Waals surface area contributed by atoms with Crippen molar-refractivity contribution in [3.8, 4) is 0 Å². The van der Waals surface area contributed by atoms with E-state index in [-0.39, 0.29) is 0 Å². The minimum Gasteiger partial charge on any atom is -0.303 e. The minimum absolute atomic E-state index is 0.524. The third-order valence-electron chi connectivity index (χ3n) is 6.82. The number of piperidine rings is 1. The highest BCUT2D eigenvalue weighted by atomic mass is 15.1. The maximum Gasteiger partial charge on any atom is 0.0169 e. The molecule has 120 valence electrons. The first-order valence-corrected chi connectivity index (χ1v) is 9.43. The number of benzene rings is 1. The second-order valence-corrected chi connectivity index (χ2v) is 8.60. The van der Waals surface area contributed by atoms with E-state index in [9.17, 15) is 0 Å². The molecular formula is C21H31N. The molecule has 2 fully saturated rings. The van der Waals surface area contributed by atoms with Crippen molar-refractivity contribution in [2.24, 2.45) is 11.8 Å². The van der Waals surface area contributed by atoms with Gasteiger partial charge in [0.1, 0.15) is 0 Å². The molecule has 0 aromatic heterocycles. The maximum atomic E-state index is 2.67. The zero-order valence-electron chi connectivity index (χ0n) is 14.6. The SMILES string of the molecule is CC(C)Cc1ccc2c(c1)[C@]13CCCCC1[C@H](C2)N(C)CC3. The Hall–Kier alpha value is -0.820. The molecule has 0 spiro atoms. The summed E-state index contributed by atoms with van der Waals surface area (Å²) in [5, 5.41) is 0. The predicted octanol–water partition coefficient (Wildman–Crippen LogP) is 4.57. The fraction of sp³-hybridized carbons (Fsp3) is 0.714. The standard InChI is InChI=1S/C21H31N/c1-15(2)12-16-7-8-17-14-20-18-6-4-5-9-21(18,19(17)13-16)10-11-22(20)3/h7-8,13,15,18,20H,4-6,9-12,14H2,1-3H3/t18?,20-,21-/m0/s1. The highest BCUT2D eigenvalue weighted by Crippen LogP contribution is 2.55. The van der Waals surface area contributed by atoms with Crippen molar-refractivity contribution < 1.29 is 0 Å². The van der Waals surface area contributed by atoms with Crippen molar-refractivity contribution >= 4 is 0 Å². The average Bonchev–Trinajstić information content (AvgIpc) is 2.51. The lowest BCUT2D eigenvalue weighted by Gasteiger charge is -2.58. The van der Waals surface area contributed by atoms with Crippen LogP contribution in [0.15, 0.2) is 18.2 Å². The van der Waals surface area contributed by atoms with Crippen LogP contribution in [0.5, 0.6) is 0 Å². The molecule has 1 aliphatic heterocycles. The highest BCUT2D eigenvalue weighted by molar-refractivity contribution is 5.43. The van der Waals surface area contributed by atoms with Crippen LogP contribution >= 0.6 is 0 Å². The summed E-state index contributed by atoms with van der Waals surface area (Å²) in [7, 11) is 2.36. The second-order valence-electron chi connectivity index (χ2n) is 8.60. The van der Waals surface area contributed by atoms with Crippen LogP contribution in [-0.2, 0) is 18.3 Å². The third-order valence-corrected chi connectivity index (χ3v) is 6.82. The van der Waals surface area contributed by atoms with Crippen LogP contribution in [0.1, 0.15) is 62.6 Å². The van der Waals surface area contributed by atoms with Gasteiger partial charge < -0.3 is 4.90 Å². The first-order chi connectivity index (χ1) is 10.6. The molecule has 2 bridgehead atoms. The van der Waals surface area contributed by atoms with Gasteiger partial charge in [0.05, 0.1) is 0 Å². The van der Waals surface area contributed by atoms with Gasteiger partial charge in [-0.3, -0.25) is 0 Å². The second kappa shape index (κ2) is 5.37. The quantitative estimate of drug-likeness (QED) is 0.772. The molecule has 3 atom stereocenters. The predicted molar refractivity (Wildman–Crippen MR) is 93.4 cm³/mol. The van der Waals surface area contributed by atoms with Gasteiger partial charge in [-0.1, -0.05) is 44.9 Å². The number of fused-ring (bicyclic) bond motifs is 1. The molecule has 1 heterocycles. The van der Waals surface area contributed by atoms with Crippen LogP contribution in [0, 0.1) is 11.8 Å². The average molecular weight is 297 g/mol. The summed E-state index contributed by atoms with van der Waals surface area (Å²) >= 11 is 0. The Morgan fingerprint density at radius 3 is 2.91 bits per heavy atom. The van der Waals surface area contributed by atoms with E-state index in [0.717, 1.165) is 17.9 Å². The van der Waals surface area contributed by atoms with Gasteiger partial charge in [-0.15, -0.1) is 0 Å². The van der Waals surface area contributed by atoms with Gasteiger partial charge in [0.15, 0.2) is 0 Å². The van der Waals surface area contributed by atoms with Crippen LogP contribution in [0.4, 0.5) is 0 Å². The van der Waals surface area contributed by atoms with Gasteiger partial charge in [-0.25, -0.2) is 0 Å². The Bertz CT molecular complexity index is 561. The lowest BCUT2D eigenvalue weighted by atomic mass is 9.52. The van der Waals surface area contributed by atoms with Gasteiger partial charge in [0.25, 0.3) is 0 Å². The monoisotopic (exact) mass is 297 g/mol. The van der Waals surface area contributed by atoms with Gasteiger partial charge in [0, 0.05) is 11.5 Å². The lowest BCUT2D eigenvalue weighted by Crippen LogP contribution is -2.59. The summed E-state index contributed by atoms with van der Waals surface area (Å²) in [6.45, 7) is 5.98. The number of likely N-dealkylation sites (N-methyl/N-ethyl adjacent to an activating group) is 1. The number of hydrogen-bond donors (Lipinski definition) is 0. The Balaban J connectivity index is 1.80. The summed E-state index contributed by atoms with van der Waals surface area (Å²) < 4.78 is 0. The molecule has 1 saturated carbocycles. The van der Waals surface area contributed by atoms with E-state index >= 15 is 0 Å². The molecule has 0 amide bonds. The molecule has 3 aliphatic rings. The summed E-state index contributed by atoms with van der Waals surface area (Å²) in [5.41, 5.74) is 5.53. The van der Waals surface area contributed by atoms with Crippen molar-refractivity contribution in [3.05, 3.63) is 34.9 Å². The zero-order chi connectivity index (χ0) is 15.3. The van der Waals surface area contributed by atoms with Gasteiger partial charge in [-0.05, 0) is 74.2 Å². The van der Waals surface area contributed by atoms with Crippen LogP contribution < -0.4 is 0 Å². The summed E-state index contributed by atoms with van der Waals surface area (Å²) in [4.78, 5) is 2.67. The van der Waals surface area contributed by atoms with Gasteiger partial charge in [0.2, 0.25) is 0 Å². The van der Waals surface area contributed by atoms with E-state index in [0.29, 0.717) is 5.41 Å². The van der Waals surface area contributed by atoms with Crippen molar-refractivity contribution in [2.75, 3.05) is 13.6 Å². The number of rotatable bonds is 2. The Labute approximate surface area is 136 Å². The Morgan fingerprint density at radius 1 is 1.23 bits per heavy atom. The largest absolute Gasteiger partial charge is 0.303 e. The molecule has 0 N–H and O–H groups in total. The topological polar surface area (TPSA) is 3.24 Å². The summed E-state index contributed by atoms with van der Waals surface area (Å²) in [6.07, 6.45) is 9.72. The molecule has 22 heavy (non-hydrogen) atoms. The van der Waals surface area contributed by atoms with E-state index in [1.807, 2.05) is 0 Å². The molecular weight excluding hydrogens is 266 g/mol. The molecule has 1 unspecified atom stereocenters. The number of likely N-dealkylation sites (tertiary alicyclic amines) is 1. The van der Waals surface area contributed by atoms with Crippen molar-refractivity contribution in [1.82, 2.24) is 4.90 Å². The molecule has 4 rings (SSSR count). The van der Waals surface area contributed by atoms with Crippen LogP contribution in [-0.4, -0.2) is 24.5 Å². The normalized spacial score (nSPS) is 34.4. The zero-order valence-corrected chi connectivity index (χ0v) is 14.6. The van der Waals surface area contributed by atoms with E-state index < -0.39 is 0 Å². The van der Waals surface area contributed by atoms with Crippen molar-refractivity contribution in [3.63, 3.8) is 0 Å². The van der Waals surface area contributed by atoms with Crippen LogP contribution in [0.25, 0.3) is 0 Å². The maximum absolute atomic E-state index is 2.67. The minimum atomic E-state index is 0.524. The number of hydrogen-bond acceptors (Lipinski definition) is 1. The number of nitrogens with zero attached hydrogens (tertiary/aromatic N) is 1. The molecule has 2 aliphatic carbocycles. The first-order valence-electron chi connectivity index (χ1n) is 9.43. The van der Waals surface area contributed by atoms with Crippen molar-refractivity contribution in [1.29, 1.82) is 0 Å². The molecule has 1 aromatic rings. The summed E-state index contributed by atoms with van der Waals surface area (Å²) in [6, 6.07) is 8.31. The van der Waals surface area contributed by atoms with Gasteiger partial charge >= 0.3 is 0 Å². The highest BCUT2D eigenvalue weighted by Gasteiger charge is 2.52. The van der Waals surface area contributed by atoms with Gasteiger partial charge in [-0.2, -0.15) is 0 Å². The van der Waals surface area contributed by atoms with E-state index in [4.69, 9.17) is 0 Å². The van der Waals surface area contributed by atoms with Crippen molar-refractivity contribution in [2.45, 2.75) is 70.3 Å². The first kappa shape index (κ1) is 14.8. The molecule has 1 aromatic carbocycles.